The molecule has 0 bridgehead atoms. The molecule has 0 aromatic heterocycles. The van der Waals surface area contributed by atoms with Crippen LogP contribution in [0.15, 0.2) is 24.3 Å². The van der Waals surface area contributed by atoms with E-state index in [2.05, 4.69) is 15.9 Å². The number of imide groups is 1. The van der Waals surface area contributed by atoms with E-state index in [0.29, 0.717) is 16.5 Å². The predicted molar refractivity (Wildman–Crippen MR) is 94.1 cm³/mol. The maximum atomic E-state index is 12.8. The summed E-state index contributed by atoms with van der Waals surface area (Å²) in [7, 11) is 0. The van der Waals surface area contributed by atoms with Gasteiger partial charge in [0.25, 0.3) is 11.8 Å². The van der Waals surface area contributed by atoms with Crippen LogP contribution in [0, 0.1) is 5.41 Å². The van der Waals surface area contributed by atoms with Crippen molar-refractivity contribution in [2.45, 2.75) is 45.8 Å². The number of alkyl halides is 1. The summed E-state index contributed by atoms with van der Waals surface area (Å²) in [6, 6.07) is 5.84. The minimum Gasteiger partial charge on any atom is -0.332 e. The lowest BCUT2D eigenvalue weighted by Crippen LogP contribution is -2.76. The summed E-state index contributed by atoms with van der Waals surface area (Å²) in [5.74, 6) is -0.890. The molecule has 0 N–H and O–H groups in total. The third kappa shape index (κ3) is 2.23. The van der Waals surface area contributed by atoms with E-state index in [9.17, 15) is 14.4 Å². The summed E-state index contributed by atoms with van der Waals surface area (Å²) >= 11 is 3.51. The molecule has 1 fully saturated rings. The second-order valence-corrected chi connectivity index (χ2v) is 7.94. The van der Waals surface area contributed by atoms with E-state index in [1.54, 1.807) is 29.2 Å². The van der Waals surface area contributed by atoms with Crippen molar-refractivity contribution in [3.05, 3.63) is 35.4 Å². The molecular formula is C18H21BrN2O3. The topological polar surface area (TPSA) is 57.7 Å². The molecule has 0 aliphatic carbocycles. The highest BCUT2D eigenvalue weighted by atomic mass is 79.9. The van der Waals surface area contributed by atoms with E-state index in [1.807, 2.05) is 27.7 Å². The average molecular weight is 393 g/mol. The maximum Gasteiger partial charge on any atom is 0.262 e. The zero-order chi connectivity index (χ0) is 17.8. The van der Waals surface area contributed by atoms with Gasteiger partial charge >= 0.3 is 0 Å². The summed E-state index contributed by atoms with van der Waals surface area (Å²) in [5.41, 5.74) is 0.500. The molecular weight excluding hydrogens is 372 g/mol. The fourth-order valence-electron chi connectivity index (χ4n) is 3.67. The predicted octanol–water partition coefficient (Wildman–Crippen LogP) is 2.69. The van der Waals surface area contributed by atoms with Gasteiger partial charge in [-0.3, -0.25) is 19.3 Å². The van der Waals surface area contributed by atoms with Crippen LogP contribution in [0.5, 0.6) is 0 Å². The fraction of sp³-hybridized carbons (Fsp3) is 0.500. The van der Waals surface area contributed by atoms with Crippen LogP contribution in [0.25, 0.3) is 0 Å². The molecule has 6 heteroatoms. The first-order valence-electron chi connectivity index (χ1n) is 8.07. The van der Waals surface area contributed by atoms with Crippen LogP contribution in [0.4, 0.5) is 0 Å². The van der Waals surface area contributed by atoms with E-state index >= 15 is 0 Å². The smallest absolute Gasteiger partial charge is 0.262 e. The highest BCUT2D eigenvalue weighted by Crippen LogP contribution is 2.42. The number of nitrogens with zero attached hydrogens (tertiary/aromatic N) is 2. The lowest BCUT2D eigenvalue weighted by Gasteiger charge is -2.57. The van der Waals surface area contributed by atoms with Gasteiger partial charge < -0.3 is 4.90 Å². The Hall–Kier alpha value is -1.69. The Labute approximate surface area is 150 Å². The molecule has 2 aliphatic heterocycles. The Kier molecular flexibility index (Phi) is 4.06. The molecule has 0 unspecified atom stereocenters. The fourth-order valence-corrected chi connectivity index (χ4v) is 4.00. The molecule has 3 rings (SSSR count). The van der Waals surface area contributed by atoms with Crippen molar-refractivity contribution in [1.29, 1.82) is 0 Å². The number of β-lactam (4-membered cyclic amide) rings is 1. The number of hydrogen-bond donors (Lipinski definition) is 0. The highest BCUT2D eigenvalue weighted by Gasteiger charge is 2.60. The Bertz CT molecular complexity index is 694. The molecule has 2 atom stereocenters. The zero-order valence-electron chi connectivity index (χ0n) is 14.2. The number of hydrogen-bond acceptors (Lipinski definition) is 3. The zero-order valence-corrected chi connectivity index (χ0v) is 15.8. The Morgan fingerprint density at radius 2 is 1.58 bits per heavy atom. The van der Waals surface area contributed by atoms with Crippen molar-refractivity contribution in [3.8, 4) is 0 Å². The SMILES string of the molecule is CC(C)N1C(=O)[C@@H](N2C(=O)c3ccccc3C2=O)[C@H]1C(C)(C)CBr. The van der Waals surface area contributed by atoms with Crippen molar-refractivity contribution in [2.24, 2.45) is 5.41 Å². The number of carbonyl (C=O) groups excluding carboxylic acids is 3. The van der Waals surface area contributed by atoms with Gasteiger partial charge in [-0.05, 0) is 31.4 Å². The number of fused-ring (bicyclic) bond motifs is 1. The maximum absolute atomic E-state index is 12.8. The standard InChI is InChI=1S/C18H21BrN2O3/c1-10(2)20-14(18(3,4)9-19)13(17(20)24)21-15(22)11-7-5-6-8-12(11)16(21)23/h5-8,10,13-14H,9H2,1-4H3/t13-,14-/m0/s1. The molecule has 128 valence electrons. The first kappa shape index (κ1) is 17.1. The van der Waals surface area contributed by atoms with E-state index in [1.165, 1.54) is 4.90 Å². The molecule has 2 heterocycles. The molecule has 0 spiro atoms. The lowest BCUT2D eigenvalue weighted by atomic mass is 9.73. The van der Waals surface area contributed by atoms with Gasteiger partial charge in [-0.1, -0.05) is 41.9 Å². The Morgan fingerprint density at radius 1 is 1.08 bits per heavy atom. The minimum atomic E-state index is -0.729. The van der Waals surface area contributed by atoms with Crippen molar-refractivity contribution < 1.29 is 14.4 Å². The van der Waals surface area contributed by atoms with Gasteiger partial charge in [0.15, 0.2) is 0 Å². The van der Waals surface area contributed by atoms with Gasteiger partial charge in [-0.15, -0.1) is 0 Å². The molecule has 1 saturated heterocycles. The molecule has 5 nitrogen and oxygen atoms in total. The third-order valence-electron chi connectivity index (χ3n) is 4.91. The van der Waals surface area contributed by atoms with Crippen LogP contribution >= 0.6 is 15.9 Å². The van der Waals surface area contributed by atoms with Crippen LogP contribution < -0.4 is 0 Å². The summed E-state index contributed by atoms with van der Waals surface area (Å²) < 4.78 is 0. The summed E-state index contributed by atoms with van der Waals surface area (Å²) in [6.45, 7) is 7.99. The van der Waals surface area contributed by atoms with Crippen LogP contribution in [0.1, 0.15) is 48.4 Å². The number of benzene rings is 1. The van der Waals surface area contributed by atoms with Crippen molar-refractivity contribution in [3.63, 3.8) is 0 Å². The second-order valence-electron chi connectivity index (χ2n) is 7.38. The van der Waals surface area contributed by atoms with E-state index in [-0.39, 0.29) is 35.2 Å². The quantitative estimate of drug-likeness (QED) is 0.449. The van der Waals surface area contributed by atoms with Crippen LogP contribution in [0.3, 0.4) is 0 Å². The van der Waals surface area contributed by atoms with Gasteiger partial charge in [-0.25, -0.2) is 0 Å². The number of likely N-dealkylation sites (tertiary alicyclic amines) is 1. The summed E-state index contributed by atoms with van der Waals surface area (Å²) in [6.07, 6.45) is 0. The number of halogens is 1. The lowest BCUT2D eigenvalue weighted by molar-refractivity contribution is -0.166. The van der Waals surface area contributed by atoms with Gasteiger partial charge in [-0.2, -0.15) is 0 Å². The molecule has 24 heavy (non-hydrogen) atoms. The number of rotatable bonds is 4. The molecule has 0 saturated carbocycles. The monoisotopic (exact) mass is 392 g/mol. The van der Waals surface area contributed by atoms with Crippen LogP contribution in [-0.4, -0.2) is 51.0 Å². The van der Waals surface area contributed by atoms with Gasteiger partial charge in [0.1, 0.15) is 6.04 Å². The Morgan fingerprint density at radius 3 is 2.00 bits per heavy atom. The summed E-state index contributed by atoms with van der Waals surface area (Å²) in [5, 5.41) is 0.667. The number of amides is 3. The van der Waals surface area contributed by atoms with E-state index in [4.69, 9.17) is 0 Å². The third-order valence-corrected chi connectivity index (χ3v) is 6.36. The molecule has 3 amide bonds. The van der Waals surface area contributed by atoms with E-state index in [0.717, 1.165) is 0 Å². The van der Waals surface area contributed by atoms with Gasteiger partial charge in [0.2, 0.25) is 5.91 Å². The van der Waals surface area contributed by atoms with Gasteiger partial charge in [0.05, 0.1) is 17.2 Å². The molecule has 0 radical (unpaired) electrons. The first-order chi connectivity index (χ1) is 11.2. The van der Waals surface area contributed by atoms with Crippen LogP contribution in [-0.2, 0) is 4.79 Å². The second kappa shape index (κ2) is 5.69. The Balaban J connectivity index is 2.01. The van der Waals surface area contributed by atoms with Crippen molar-refractivity contribution in [2.75, 3.05) is 5.33 Å². The largest absolute Gasteiger partial charge is 0.332 e. The number of carbonyl (C=O) groups is 3. The summed E-state index contributed by atoms with van der Waals surface area (Å²) in [4.78, 5) is 41.2. The molecule has 2 aliphatic rings. The molecule has 1 aromatic carbocycles. The van der Waals surface area contributed by atoms with Crippen molar-refractivity contribution in [1.82, 2.24) is 9.80 Å². The van der Waals surface area contributed by atoms with Gasteiger partial charge in [0, 0.05) is 11.4 Å². The average Bonchev–Trinajstić information content (AvgIpc) is 2.77. The first-order valence-corrected chi connectivity index (χ1v) is 9.19. The van der Waals surface area contributed by atoms with Crippen LogP contribution in [0.2, 0.25) is 0 Å². The van der Waals surface area contributed by atoms with Crippen molar-refractivity contribution >= 4 is 33.7 Å². The highest BCUT2D eigenvalue weighted by molar-refractivity contribution is 9.09. The van der Waals surface area contributed by atoms with E-state index < -0.39 is 6.04 Å². The minimum absolute atomic E-state index is 0.0206. The normalized spacial score (nSPS) is 23.8. The molecule has 1 aromatic rings.